The van der Waals surface area contributed by atoms with E-state index < -0.39 is 20.5 Å². The van der Waals surface area contributed by atoms with Gasteiger partial charge in [0.05, 0.1) is 0 Å². The Labute approximate surface area is 144 Å². The van der Waals surface area contributed by atoms with Crippen LogP contribution < -0.4 is 4.74 Å². The molecule has 3 nitrogen and oxygen atoms in total. The van der Waals surface area contributed by atoms with Crippen LogP contribution in [-0.2, 0) is 7.05 Å². The van der Waals surface area contributed by atoms with Crippen LogP contribution in [0.1, 0.15) is 5.56 Å². The molecule has 1 heterocycles. The fourth-order valence-corrected chi connectivity index (χ4v) is 2.74. The molecule has 0 radical (unpaired) electrons. The van der Waals surface area contributed by atoms with Crippen molar-refractivity contribution in [2.75, 3.05) is 0 Å². The first-order chi connectivity index (χ1) is 11.1. The first kappa shape index (κ1) is 18.4. The highest BCUT2D eigenvalue weighted by Crippen LogP contribution is 2.36. The van der Waals surface area contributed by atoms with Gasteiger partial charge in [0.1, 0.15) is 24.6 Å². The molecule has 2 rings (SSSR count). The van der Waals surface area contributed by atoms with Gasteiger partial charge in [-0.3, -0.25) is 0 Å². The Morgan fingerprint density at radius 3 is 2.50 bits per heavy atom. The molecule has 0 spiro atoms. The summed E-state index contributed by atoms with van der Waals surface area (Å²) < 4.78 is 44.5. The van der Waals surface area contributed by atoms with E-state index in [1.54, 1.807) is 6.07 Å². The lowest BCUT2D eigenvalue weighted by molar-refractivity contribution is -0.0552. The van der Waals surface area contributed by atoms with Crippen LogP contribution in [0.4, 0.5) is 13.2 Å². The van der Waals surface area contributed by atoms with Crippen molar-refractivity contribution in [1.29, 1.82) is 0 Å². The van der Waals surface area contributed by atoms with Gasteiger partial charge in [0.25, 0.3) is 0 Å². The average molecular weight is 373 g/mol. The van der Waals surface area contributed by atoms with Crippen LogP contribution in [0.15, 0.2) is 18.2 Å². The smallest absolute Gasteiger partial charge is 0.388 e. The Balaban J connectivity index is 2.42. The van der Waals surface area contributed by atoms with Crippen molar-refractivity contribution in [2.45, 2.75) is 26.3 Å². The van der Waals surface area contributed by atoms with E-state index in [0.717, 1.165) is 4.68 Å². The summed E-state index contributed by atoms with van der Waals surface area (Å²) in [6, 6.07) is 4.40. The molecule has 8 heteroatoms. The first-order valence-corrected chi connectivity index (χ1v) is 11.0. The zero-order valence-electron chi connectivity index (χ0n) is 13.6. The van der Waals surface area contributed by atoms with Gasteiger partial charge < -0.3 is 4.74 Å². The summed E-state index contributed by atoms with van der Waals surface area (Å²) in [7, 11) is -0.184. The minimum absolute atomic E-state index is 0.0389. The Bertz CT molecular complexity index is 819. The Hall–Kier alpha value is -1.91. The maximum atomic E-state index is 14.4. The van der Waals surface area contributed by atoms with Gasteiger partial charge in [0.2, 0.25) is 5.88 Å². The molecular weight excluding hydrogens is 357 g/mol. The average Bonchev–Trinajstić information content (AvgIpc) is 2.72. The Kier molecular flexibility index (Phi) is 5.31. The van der Waals surface area contributed by atoms with Gasteiger partial charge in [-0.15, -0.1) is 5.54 Å². The van der Waals surface area contributed by atoms with Crippen molar-refractivity contribution in [3.8, 4) is 28.6 Å². The van der Waals surface area contributed by atoms with Crippen molar-refractivity contribution in [2.24, 2.45) is 7.05 Å². The van der Waals surface area contributed by atoms with Gasteiger partial charge >= 0.3 is 6.61 Å². The molecule has 0 aliphatic heterocycles. The molecule has 0 N–H and O–H groups in total. The maximum Gasteiger partial charge on any atom is 0.388 e. The van der Waals surface area contributed by atoms with Crippen LogP contribution in [0.2, 0.25) is 24.7 Å². The van der Waals surface area contributed by atoms with Gasteiger partial charge in [-0.05, 0) is 18.2 Å². The van der Waals surface area contributed by atoms with Crippen molar-refractivity contribution in [3.63, 3.8) is 0 Å². The molecule has 0 aliphatic rings. The molecule has 128 valence electrons. The topological polar surface area (TPSA) is 27.1 Å². The Morgan fingerprint density at radius 2 is 1.96 bits per heavy atom. The van der Waals surface area contributed by atoms with Crippen LogP contribution in [0.25, 0.3) is 11.3 Å². The third kappa shape index (κ3) is 4.33. The summed E-state index contributed by atoms with van der Waals surface area (Å²) in [4.78, 5) is 0. The first-order valence-electron chi connectivity index (χ1n) is 7.09. The summed E-state index contributed by atoms with van der Waals surface area (Å²) in [5.74, 6) is 2.05. The number of rotatable bonds is 3. The lowest BCUT2D eigenvalue weighted by atomic mass is 10.1. The van der Waals surface area contributed by atoms with E-state index in [9.17, 15) is 13.2 Å². The molecule has 0 unspecified atom stereocenters. The molecule has 1 aromatic carbocycles. The van der Waals surface area contributed by atoms with Crippen LogP contribution in [0.3, 0.4) is 0 Å². The van der Waals surface area contributed by atoms with E-state index in [1.165, 1.54) is 19.2 Å². The second-order valence-corrected chi connectivity index (χ2v) is 11.3. The molecule has 0 amide bonds. The summed E-state index contributed by atoms with van der Waals surface area (Å²) in [5, 5.41) is 3.80. The number of halogens is 4. The number of alkyl halides is 2. The zero-order chi connectivity index (χ0) is 18.1. The van der Waals surface area contributed by atoms with Gasteiger partial charge in [-0.25, -0.2) is 9.07 Å². The molecule has 2 aromatic rings. The molecule has 0 atom stereocenters. The van der Waals surface area contributed by atoms with E-state index in [2.05, 4.69) is 40.9 Å². The Morgan fingerprint density at radius 1 is 1.29 bits per heavy atom. The van der Waals surface area contributed by atoms with Crippen LogP contribution in [0.5, 0.6) is 5.88 Å². The largest absolute Gasteiger partial charge is 0.416 e. The molecule has 1 aromatic heterocycles. The number of aryl methyl sites for hydroxylation is 1. The van der Waals surface area contributed by atoms with Crippen molar-refractivity contribution in [3.05, 3.63) is 34.6 Å². The third-order valence-electron chi connectivity index (χ3n) is 2.95. The lowest BCUT2D eigenvalue weighted by Gasteiger charge is -2.05. The fourth-order valence-electron chi connectivity index (χ4n) is 1.91. The van der Waals surface area contributed by atoms with E-state index in [0.29, 0.717) is 5.56 Å². The minimum atomic E-state index is -3.05. The monoisotopic (exact) mass is 372 g/mol. The highest BCUT2D eigenvalue weighted by molar-refractivity contribution is 6.83. The number of hydrogen-bond acceptors (Lipinski definition) is 2. The van der Waals surface area contributed by atoms with Gasteiger partial charge in [-0.1, -0.05) is 37.2 Å². The highest BCUT2D eigenvalue weighted by Gasteiger charge is 2.22. The summed E-state index contributed by atoms with van der Waals surface area (Å²) >= 11 is 6.01. The van der Waals surface area contributed by atoms with Gasteiger partial charge in [-0.2, -0.15) is 13.9 Å². The van der Waals surface area contributed by atoms with Crippen LogP contribution >= 0.6 is 11.6 Å². The van der Waals surface area contributed by atoms with Gasteiger partial charge in [0, 0.05) is 18.2 Å². The molecule has 0 bridgehead atoms. The molecule has 0 aliphatic carbocycles. The number of nitrogens with zero attached hydrogens (tertiary/aromatic N) is 2. The fraction of sp³-hybridized carbons (Fsp3) is 0.312. The lowest BCUT2D eigenvalue weighted by Crippen LogP contribution is -2.16. The standard InChI is InChI=1S/C16H16ClF3N2OSi/c1-22-15(23-16(19)20)13(17)14(21-22)11-6-5-10(9-12(11)18)7-8-24(2,3)4/h5-6,9,16H,1-4H3. The van der Waals surface area contributed by atoms with Crippen LogP contribution in [-0.4, -0.2) is 24.5 Å². The minimum Gasteiger partial charge on any atom is -0.416 e. The second kappa shape index (κ2) is 6.91. The third-order valence-corrected chi connectivity index (χ3v) is 4.16. The van der Waals surface area contributed by atoms with Gasteiger partial charge in [0.15, 0.2) is 0 Å². The molecule has 24 heavy (non-hydrogen) atoms. The molecule has 0 saturated heterocycles. The summed E-state index contributed by atoms with van der Waals surface area (Å²) in [6.45, 7) is 3.21. The van der Waals surface area contributed by atoms with Crippen molar-refractivity contribution >= 4 is 19.7 Å². The molecule has 0 fully saturated rings. The quantitative estimate of drug-likeness (QED) is 0.576. The van der Waals surface area contributed by atoms with E-state index >= 15 is 0 Å². The number of hydrogen-bond donors (Lipinski definition) is 0. The summed E-state index contributed by atoms with van der Waals surface area (Å²) in [5.41, 5.74) is 3.82. The normalized spacial score (nSPS) is 11.4. The number of aromatic nitrogens is 2. The van der Waals surface area contributed by atoms with Crippen molar-refractivity contribution < 1.29 is 17.9 Å². The predicted octanol–water partition coefficient (Wildman–Crippen LogP) is 4.71. The summed E-state index contributed by atoms with van der Waals surface area (Å²) in [6.07, 6.45) is 0. The maximum absolute atomic E-state index is 14.4. The zero-order valence-corrected chi connectivity index (χ0v) is 15.4. The van der Waals surface area contributed by atoms with Crippen LogP contribution in [0, 0.1) is 17.3 Å². The van der Waals surface area contributed by atoms with E-state index in [4.69, 9.17) is 11.6 Å². The SMILES string of the molecule is Cn1nc(-c2ccc(C#C[Si](C)(C)C)cc2F)c(Cl)c1OC(F)F. The predicted molar refractivity (Wildman–Crippen MR) is 90.5 cm³/mol. The number of benzene rings is 1. The van der Waals surface area contributed by atoms with E-state index in [1.807, 2.05) is 0 Å². The van der Waals surface area contributed by atoms with E-state index in [-0.39, 0.29) is 22.2 Å². The number of ether oxygens (including phenoxy) is 1. The highest BCUT2D eigenvalue weighted by atomic mass is 35.5. The van der Waals surface area contributed by atoms with Crippen molar-refractivity contribution in [1.82, 2.24) is 9.78 Å². The molecular formula is C16H16ClF3N2OSi. The molecule has 0 saturated carbocycles. The second-order valence-electron chi connectivity index (χ2n) is 6.16.